The molecule has 1 aromatic carbocycles. The van der Waals surface area contributed by atoms with Gasteiger partial charge in [0.05, 0.1) is 0 Å². The van der Waals surface area contributed by atoms with Crippen molar-refractivity contribution in [1.29, 1.82) is 0 Å². The number of halogens is 1. The highest BCUT2D eigenvalue weighted by Gasteiger charge is 2.11. The first-order chi connectivity index (χ1) is 8.65. The lowest BCUT2D eigenvalue weighted by Crippen LogP contribution is -2.06. The molecular weight excluding hydrogens is 250 g/mol. The zero-order chi connectivity index (χ0) is 12.7. The average Bonchev–Trinajstić information content (AvgIpc) is 2.72. The molecule has 0 amide bonds. The van der Waals surface area contributed by atoms with E-state index in [0.717, 1.165) is 28.5 Å². The lowest BCUT2D eigenvalue weighted by molar-refractivity contribution is 0.483. The highest BCUT2D eigenvalue weighted by molar-refractivity contribution is 6.28. The molecule has 3 rings (SSSR count). The molecule has 3 aromatic rings. The Labute approximate surface area is 109 Å². The zero-order valence-electron chi connectivity index (χ0n) is 10.1. The quantitative estimate of drug-likeness (QED) is 0.666. The third-order valence-electron chi connectivity index (χ3n) is 2.73. The fourth-order valence-corrected chi connectivity index (χ4v) is 2.14. The molecule has 6 heteroatoms. The molecule has 92 valence electrons. The molecule has 0 radical (unpaired) electrons. The van der Waals surface area contributed by atoms with Gasteiger partial charge in [-0.25, -0.2) is 14.6 Å². The first-order valence-corrected chi connectivity index (χ1v) is 6.17. The summed E-state index contributed by atoms with van der Waals surface area (Å²) in [5.74, 6) is 0.488. The molecule has 0 aliphatic rings. The third kappa shape index (κ3) is 1.80. The second-order valence-electron chi connectivity index (χ2n) is 4.68. The molecule has 0 saturated heterocycles. The number of hydrogen-bond acceptors (Lipinski definition) is 4. The second kappa shape index (κ2) is 4.17. The van der Waals surface area contributed by atoms with Crippen molar-refractivity contribution in [3.63, 3.8) is 0 Å². The molecule has 2 aromatic heterocycles. The molecule has 0 saturated carbocycles. The molecule has 0 fully saturated rings. The summed E-state index contributed by atoms with van der Waals surface area (Å²) in [6, 6.07) is 3.86. The van der Waals surface area contributed by atoms with Crippen LogP contribution in [-0.2, 0) is 6.54 Å². The second-order valence-corrected chi connectivity index (χ2v) is 5.01. The van der Waals surface area contributed by atoms with Crippen molar-refractivity contribution in [3.8, 4) is 0 Å². The minimum atomic E-state index is 0.243. The highest BCUT2D eigenvalue weighted by atomic mass is 35.5. The van der Waals surface area contributed by atoms with Crippen LogP contribution >= 0.6 is 11.6 Å². The van der Waals surface area contributed by atoms with Gasteiger partial charge in [0.2, 0.25) is 5.28 Å². The summed E-state index contributed by atoms with van der Waals surface area (Å²) in [4.78, 5) is 8.29. The van der Waals surface area contributed by atoms with Gasteiger partial charge in [-0.1, -0.05) is 19.1 Å². The van der Waals surface area contributed by atoms with E-state index < -0.39 is 0 Å². The van der Waals surface area contributed by atoms with Crippen LogP contribution < -0.4 is 0 Å². The zero-order valence-corrected chi connectivity index (χ0v) is 10.9. The van der Waals surface area contributed by atoms with E-state index in [-0.39, 0.29) is 5.28 Å². The van der Waals surface area contributed by atoms with Crippen LogP contribution in [0.5, 0.6) is 0 Å². The van der Waals surface area contributed by atoms with Gasteiger partial charge in [0.1, 0.15) is 16.6 Å². The van der Waals surface area contributed by atoms with Crippen LogP contribution in [0.2, 0.25) is 5.28 Å². The summed E-state index contributed by atoms with van der Waals surface area (Å²) in [7, 11) is 0. The van der Waals surface area contributed by atoms with Gasteiger partial charge in [-0.05, 0) is 29.7 Å². The van der Waals surface area contributed by atoms with E-state index in [1.807, 2.05) is 16.8 Å². The Kier molecular flexibility index (Phi) is 2.63. The molecule has 0 unspecified atom stereocenters. The molecule has 5 nitrogen and oxygen atoms in total. The van der Waals surface area contributed by atoms with E-state index in [1.54, 1.807) is 6.20 Å². The van der Waals surface area contributed by atoms with E-state index in [4.69, 9.17) is 11.6 Å². The summed E-state index contributed by atoms with van der Waals surface area (Å²) in [6.45, 7) is 5.08. The van der Waals surface area contributed by atoms with Gasteiger partial charge >= 0.3 is 0 Å². The minimum absolute atomic E-state index is 0.243. The van der Waals surface area contributed by atoms with Crippen LogP contribution in [0.3, 0.4) is 0 Å². The Morgan fingerprint density at radius 2 is 2.17 bits per heavy atom. The summed E-state index contributed by atoms with van der Waals surface area (Å²) >= 11 is 5.87. The van der Waals surface area contributed by atoms with Crippen LogP contribution in [-0.4, -0.2) is 25.0 Å². The smallest absolute Gasteiger partial charge is 0.222 e. The maximum absolute atomic E-state index is 5.87. The lowest BCUT2D eigenvalue weighted by Gasteiger charge is -2.06. The summed E-state index contributed by atoms with van der Waals surface area (Å²) in [5, 5.41) is 9.53. The van der Waals surface area contributed by atoms with Crippen molar-refractivity contribution in [3.05, 3.63) is 23.6 Å². The number of nitrogens with zero attached hydrogens (tertiary/aromatic N) is 5. The molecule has 18 heavy (non-hydrogen) atoms. The van der Waals surface area contributed by atoms with E-state index in [1.165, 1.54) is 0 Å². The van der Waals surface area contributed by atoms with Gasteiger partial charge in [-0.15, -0.1) is 5.10 Å². The molecular formula is C12H12ClN5. The van der Waals surface area contributed by atoms with Gasteiger partial charge in [0, 0.05) is 18.1 Å². The summed E-state index contributed by atoms with van der Waals surface area (Å²) in [5.41, 5.74) is 2.56. The number of rotatable bonds is 2. The van der Waals surface area contributed by atoms with Crippen molar-refractivity contribution >= 4 is 33.5 Å². The van der Waals surface area contributed by atoms with Crippen molar-refractivity contribution in [2.45, 2.75) is 20.4 Å². The maximum Gasteiger partial charge on any atom is 0.222 e. The van der Waals surface area contributed by atoms with E-state index in [2.05, 4.69) is 34.1 Å². The summed E-state index contributed by atoms with van der Waals surface area (Å²) < 4.78 is 1.88. The topological polar surface area (TPSA) is 56.5 Å². The van der Waals surface area contributed by atoms with Gasteiger partial charge in [-0.2, -0.15) is 0 Å². The van der Waals surface area contributed by atoms with Gasteiger partial charge in [0.15, 0.2) is 0 Å². The standard InChI is InChI=1S/C12H12ClN5/c1-7(2)6-18-11-9(16-17-18)4-3-8-5-14-12(13)15-10(8)11/h3-5,7H,6H2,1-2H3. The fraction of sp³-hybridized carbons (Fsp3) is 0.333. The van der Waals surface area contributed by atoms with Crippen molar-refractivity contribution in [2.24, 2.45) is 5.92 Å². The third-order valence-corrected chi connectivity index (χ3v) is 2.91. The van der Waals surface area contributed by atoms with Crippen molar-refractivity contribution < 1.29 is 0 Å². The molecule has 0 N–H and O–H groups in total. The van der Waals surface area contributed by atoms with Gasteiger partial charge in [-0.3, -0.25) is 0 Å². The largest absolute Gasteiger partial charge is 0.242 e. The van der Waals surface area contributed by atoms with Gasteiger partial charge in [0.25, 0.3) is 0 Å². The Bertz CT molecular complexity index is 719. The number of fused-ring (bicyclic) bond motifs is 3. The Morgan fingerprint density at radius 3 is 2.94 bits per heavy atom. The molecule has 0 aliphatic heterocycles. The molecule has 2 heterocycles. The highest BCUT2D eigenvalue weighted by Crippen LogP contribution is 2.23. The predicted octanol–water partition coefficient (Wildman–Crippen LogP) is 2.68. The predicted molar refractivity (Wildman–Crippen MR) is 70.5 cm³/mol. The summed E-state index contributed by atoms with van der Waals surface area (Å²) in [6.07, 6.45) is 1.72. The lowest BCUT2D eigenvalue weighted by atomic mass is 10.2. The van der Waals surface area contributed by atoms with Crippen LogP contribution in [0.1, 0.15) is 13.8 Å². The average molecular weight is 262 g/mol. The van der Waals surface area contributed by atoms with Crippen molar-refractivity contribution in [2.75, 3.05) is 0 Å². The molecule has 0 bridgehead atoms. The normalized spacial score (nSPS) is 11.8. The van der Waals surface area contributed by atoms with Crippen LogP contribution in [0.15, 0.2) is 18.3 Å². The van der Waals surface area contributed by atoms with Crippen LogP contribution in [0, 0.1) is 5.92 Å². The molecule has 0 spiro atoms. The first kappa shape index (κ1) is 11.3. The van der Waals surface area contributed by atoms with E-state index in [9.17, 15) is 0 Å². The SMILES string of the molecule is CC(C)Cn1nnc2ccc3cnc(Cl)nc3c21. The van der Waals surface area contributed by atoms with E-state index in [0.29, 0.717) is 5.92 Å². The van der Waals surface area contributed by atoms with Gasteiger partial charge < -0.3 is 0 Å². The monoisotopic (exact) mass is 261 g/mol. The van der Waals surface area contributed by atoms with Crippen LogP contribution in [0.25, 0.3) is 21.9 Å². The number of aromatic nitrogens is 5. The molecule has 0 atom stereocenters. The Morgan fingerprint density at radius 1 is 1.33 bits per heavy atom. The Hall–Kier alpha value is -1.75. The number of benzene rings is 1. The fourth-order valence-electron chi connectivity index (χ4n) is 2.01. The maximum atomic E-state index is 5.87. The number of hydrogen-bond donors (Lipinski definition) is 0. The minimum Gasteiger partial charge on any atom is -0.242 e. The van der Waals surface area contributed by atoms with Crippen LogP contribution in [0.4, 0.5) is 0 Å². The Balaban J connectivity index is 2.35. The van der Waals surface area contributed by atoms with E-state index >= 15 is 0 Å². The van der Waals surface area contributed by atoms with Crippen molar-refractivity contribution in [1.82, 2.24) is 25.0 Å². The molecule has 0 aliphatic carbocycles. The first-order valence-electron chi connectivity index (χ1n) is 5.79.